The number of piperidine rings is 1. The summed E-state index contributed by atoms with van der Waals surface area (Å²) >= 11 is 0. The van der Waals surface area contributed by atoms with E-state index < -0.39 is 59.2 Å². The number of likely N-dealkylation sites (N-methyl/N-ethyl adjacent to an activating group) is 1. The Kier molecular flexibility index (Phi) is 7.60. The molecule has 0 aromatic heterocycles. The molecule has 1 spiro atoms. The van der Waals surface area contributed by atoms with Gasteiger partial charge in [0.25, 0.3) is 5.91 Å². The zero-order valence-electron chi connectivity index (χ0n) is 25.4. The van der Waals surface area contributed by atoms with Crippen LogP contribution >= 0.6 is 0 Å². The molecule has 1 amide bonds. The van der Waals surface area contributed by atoms with Gasteiger partial charge >= 0.3 is 17.9 Å². The summed E-state index contributed by atoms with van der Waals surface area (Å²) in [5, 5.41) is 25.4. The molecule has 7 atom stereocenters. The average Bonchev–Trinajstić information content (AvgIpc) is 3.37. The van der Waals surface area contributed by atoms with E-state index in [1.807, 2.05) is 13.1 Å². The van der Waals surface area contributed by atoms with Crippen LogP contribution in [0.25, 0.3) is 0 Å². The summed E-state index contributed by atoms with van der Waals surface area (Å²) in [5.74, 6) is -2.78. The Morgan fingerprint density at radius 1 is 1.07 bits per heavy atom. The third-order valence-electron chi connectivity index (χ3n) is 9.53. The number of aromatic hydroxyl groups is 1. The van der Waals surface area contributed by atoms with Crippen LogP contribution in [0, 0.1) is 0 Å². The van der Waals surface area contributed by atoms with Crippen LogP contribution in [0.3, 0.4) is 0 Å². The molecule has 4 aliphatic rings. The molecule has 2 heterocycles. The minimum absolute atomic E-state index is 0.0514. The normalized spacial score (nSPS) is 27.9. The van der Waals surface area contributed by atoms with Gasteiger partial charge in [-0.1, -0.05) is 36.4 Å². The van der Waals surface area contributed by atoms with Crippen molar-refractivity contribution in [1.29, 1.82) is 0 Å². The molecule has 12 heteroatoms. The molecule has 7 unspecified atom stereocenters. The molecule has 1 saturated heterocycles. The number of nitrogens with zero attached hydrogens (tertiary/aromatic N) is 1. The van der Waals surface area contributed by atoms with Gasteiger partial charge in [-0.3, -0.25) is 9.59 Å². The Balaban J connectivity index is 1.15. The molecule has 45 heavy (non-hydrogen) atoms. The highest BCUT2D eigenvalue weighted by atomic mass is 16.6. The highest BCUT2D eigenvalue weighted by Crippen LogP contribution is 2.65. The first kappa shape index (κ1) is 30.6. The smallest absolute Gasteiger partial charge is 0.352 e. The van der Waals surface area contributed by atoms with Gasteiger partial charge in [0.05, 0.1) is 11.0 Å². The van der Waals surface area contributed by atoms with Crippen molar-refractivity contribution in [1.82, 2.24) is 10.2 Å². The van der Waals surface area contributed by atoms with Gasteiger partial charge in [0.1, 0.15) is 11.8 Å². The molecule has 2 aliphatic carbocycles. The van der Waals surface area contributed by atoms with E-state index in [4.69, 9.17) is 18.9 Å². The van der Waals surface area contributed by atoms with E-state index in [0.717, 1.165) is 11.1 Å². The zero-order valence-corrected chi connectivity index (χ0v) is 25.4. The summed E-state index contributed by atoms with van der Waals surface area (Å²) in [7, 11) is 1.98. The first-order chi connectivity index (χ1) is 21.4. The highest BCUT2D eigenvalue weighted by molar-refractivity contribution is 5.89. The molecular weight excluding hydrogens is 584 g/mol. The Labute approximate surface area is 259 Å². The maximum Gasteiger partial charge on any atom is 0.352 e. The van der Waals surface area contributed by atoms with Gasteiger partial charge in [-0.2, -0.15) is 0 Å². The minimum atomic E-state index is -1.36. The summed E-state index contributed by atoms with van der Waals surface area (Å²) in [6.07, 6.45) is -0.594. The van der Waals surface area contributed by atoms with Gasteiger partial charge in [-0.25, -0.2) is 9.59 Å². The van der Waals surface area contributed by atoms with E-state index in [9.17, 15) is 29.4 Å². The van der Waals surface area contributed by atoms with Crippen molar-refractivity contribution in [2.45, 2.75) is 81.4 Å². The van der Waals surface area contributed by atoms with Crippen molar-refractivity contribution < 1.29 is 48.3 Å². The van der Waals surface area contributed by atoms with Gasteiger partial charge in [-0.15, -0.1) is 0 Å². The fourth-order valence-electron chi connectivity index (χ4n) is 7.38. The van der Waals surface area contributed by atoms with Crippen LogP contribution in [0.5, 0.6) is 11.5 Å². The molecule has 2 bridgehead atoms. The summed E-state index contributed by atoms with van der Waals surface area (Å²) in [5.41, 5.74) is -0.0116. The second-order valence-electron chi connectivity index (χ2n) is 12.2. The lowest BCUT2D eigenvalue weighted by Crippen LogP contribution is -2.74. The highest BCUT2D eigenvalue weighted by Gasteiger charge is 2.72. The lowest BCUT2D eigenvalue weighted by Gasteiger charge is -2.61. The molecule has 1 fully saturated rings. The van der Waals surface area contributed by atoms with Gasteiger partial charge < -0.3 is 39.4 Å². The van der Waals surface area contributed by atoms with Crippen molar-refractivity contribution in [3.8, 4) is 11.5 Å². The molecule has 12 nitrogen and oxygen atoms in total. The predicted octanol–water partition coefficient (Wildman–Crippen LogP) is 1.95. The van der Waals surface area contributed by atoms with Crippen molar-refractivity contribution in [2.24, 2.45) is 0 Å². The monoisotopic (exact) mass is 620 g/mol. The maximum absolute atomic E-state index is 13.2. The number of carbonyl (C=O) groups is 4. The van der Waals surface area contributed by atoms with Gasteiger partial charge in [0.2, 0.25) is 6.10 Å². The van der Waals surface area contributed by atoms with Gasteiger partial charge in [0.15, 0.2) is 23.7 Å². The van der Waals surface area contributed by atoms with Gasteiger partial charge in [0, 0.05) is 30.5 Å². The predicted molar refractivity (Wildman–Crippen MR) is 157 cm³/mol. The third-order valence-corrected chi connectivity index (χ3v) is 9.53. The summed E-state index contributed by atoms with van der Waals surface area (Å²) in [4.78, 5) is 52.8. The topological polar surface area (TPSA) is 161 Å². The fraction of sp³-hybridized carbons (Fsp3) is 0.455. The van der Waals surface area contributed by atoms with E-state index in [1.165, 1.54) is 20.8 Å². The molecule has 2 aromatic rings. The first-order valence-electron chi connectivity index (χ1n) is 15.0. The van der Waals surface area contributed by atoms with E-state index in [2.05, 4.69) is 10.2 Å². The summed E-state index contributed by atoms with van der Waals surface area (Å²) in [6, 6.07) is 10.4. The first-order valence-corrected chi connectivity index (χ1v) is 15.0. The van der Waals surface area contributed by atoms with Crippen LogP contribution in [0.4, 0.5) is 0 Å². The summed E-state index contributed by atoms with van der Waals surface area (Å²) < 4.78 is 22.6. The number of phenols is 1. The third kappa shape index (κ3) is 4.83. The molecule has 6 rings (SSSR count). The number of likely N-dealkylation sites (tertiary alicyclic amines) is 1. The Morgan fingerprint density at radius 2 is 1.80 bits per heavy atom. The number of phenolic OH excluding ortho intramolecular Hbond substituents is 1. The van der Waals surface area contributed by atoms with Crippen LogP contribution in [-0.4, -0.2) is 82.4 Å². The number of nitrogens with one attached hydrogen (secondary N) is 1. The standard InChI is InChI=1S/C33H36N2O10/c1-17(34-29(38)26(43-19(3)36)20-8-6-5-7-9-20)30(39)42-18(2)31(40)44-23-12-13-33(41)24-16-21-10-11-22(37)27-25(21)32(33,28(23)45-27)14-15-35(24)4/h5-12,17-18,24,26,28,37,41H,13-16H2,1-4H3,(H,34,38). The van der Waals surface area contributed by atoms with Crippen LogP contribution < -0.4 is 10.1 Å². The number of benzene rings is 2. The van der Waals surface area contributed by atoms with Crippen molar-refractivity contribution in [3.63, 3.8) is 0 Å². The molecule has 0 saturated carbocycles. The lowest BCUT2D eigenvalue weighted by molar-refractivity contribution is -0.176. The number of hydrogen-bond donors (Lipinski definition) is 3. The van der Waals surface area contributed by atoms with Crippen LogP contribution in [0.15, 0.2) is 54.3 Å². The molecule has 2 aromatic carbocycles. The van der Waals surface area contributed by atoms with E-state index >= 15 is 0 Å². The largest absolute Gasteiger partial charge is 0.504 e. The van der Waals surface area contributed by atoms with Crippen molar-refractivity contribution in [3.05, 3.63) is 71.0 Å². The average molecular weight is 621 g/mol. The molecule has 238 valence electrons. The Morgan fingerprint density at radius 3 is 2.51 bits per heavy atom. The van der Waals surface area contributed by atoms with E-state index in [1.54, 1.807) is 42.5 Å². The second kappa shape index (κ2) is 11.2. The maximum atomic E-state index is 13.2. The summed E-state index contributed by atoms with van der Waals surface area (Å²) in [6.45, 7) is 4.57. The molecule has 2 aliphatic heterocycles. The number of amides is 1. The zero-order chi connectivity index (χ0) is 32.3. The quantitative estimate of drug-likeness (QED) is 0.292. The Hall–Kier alpha value is -4.42. The van der Waals surface area contributed by atoms with Crippen LogP contribution in [-0.2, 0) is 45.2 Å². The van der Waals surface area contributed by atoms with Crippen LogP contribution in [0.1, 0.15) is 56.4 Å². The van der Waals surface area contributed by atoms with E-state index in [-0.39, 0.29) is 29.7 Å². The van der Waals surface area contributed by atoms with Crippen molar-refractivity contribution in [2.75, 3.05) is 13.6 Å². The lowest BCUT2D eigenvalue weighted by atomic mass is 9.50. The van der Waals surface area contributed by atoms with E-state index in [0.29, 0.717) is 24.9 Å². The van der Waals surface area contributed by atoms with Crippen molar-refractivity contribution >= 4 is 23.8 Å². The Bertz CT molecular complexity index is 1590. The number of rotatable bonds is 8. The SMILES string of the molecule is CC(=O)OC(C(=O)NC(C)C(=O)OC(C)C(=O)OC1=CCC2(O)C3Cc4ccc(O)c5c4C2(CCN3C)C1O5)c1ccccc1. The number of hydrogen-bond acceptors (Lipinski definition) is 11. The molecular formula is C33H36N2O10. The number of esters is 3. The molecule has 0 radical (unpaired) electrons. The number of ether oxygens (including phenoxy) is 4. The van der Waals surface area contributed by atoms with Crippen LogP contribution in [0.2, 0.25) is 0 Å². The molecule has 3 N–H and O–H groups in total. The second-order valence-corrected chi connectivity index (χ2v) is 12.2. The van der Waals surface area contributed by atoms with Gasteiger partial charge in [-0.05, 0) is 58.0 Å². The number of aliphatic hydroxyl groups is 1. The minimum Gasteiger partial charge on any atom is -0.504 e. The fourth-order valence-corrected chi connectivity index (χ4v) is 7.38. The number of carbonyl (C=O) groups excluding carboxylic acids is 4.